The van der Waals surface area contributed by atoms with Crippen LogP contribution in [-0.4, -0.2) is 44.0 Å². The fourth-order valence-corrected chi connectivity index (χ4v) is 2.64. The van der Waals surface area contributed by atoms with Crippen molar-refractivity contribution in [1.82, 2.24) is 15.5 Å². The predicted octanol–water partition coefficient (Wildman–Crippen LogP) is 3.18. The third-order valence-corrected chi connectivity index (χ3v) is 4.13. The molecule has 2 aromatic rings. The lowest BCUT2D eigenvalue weighted by Crippen LogP contribution is -2.38. The molecule has 2 rings (SSSR count). The second-order valence-electron chi connectivity index (χ2n) is 6.58. The van der Waals surface area contributed by atoms with E-state index >= 15 is 0 Å². The van der Waals surface area contributed by atoms with E-state index < -0.39 is 0 Å². The minimum absolute atomic E-state index is 0. The van der Waals surface area contributed by atoms with Crippen LogP contribution in [-0.2, 0) is 13.0 Å². The number of carbonyl (C=O) groups is 1. The first-order valence-corrected chi connectivity index (χ1v) is 9.35. The zero-order valence-corrected chi connectivity index (χ0v) is 19.4. The van der Waals surface area contributed by atoms with Crippen molar-refractivity contribution >= 4 is 35.8 Å². The molecule has 0 spiro atoms. The Morgan fingerprint density at radius 1 is 1.10 bits per heavy atom. The van der Waals surface area contributed by atoms with Gasteiger partial charge in [-0.15, -0.1) is 24.0 Å². The van der Waals surface area contributed by atoms with Crippen molar-refractivity contribution in [3.05, 3.63) is 70.8 Å². The van der Waals surface area contributed by atoms with Crippen LogP contribution in [0.1, 0.15) is 34.0 Å². The first kappa shape index (κ1) is 24.4. The van der Waals surface area contributed by atoms with Gasteiger partial charge in [-0.2, -0.15) is 5.26 Å². The maximum atomic E-state index is 12.1. The van der Waals surface area contributed by atoms with Crippen molar-refractivity contribution in [3.63, 3.8) is 0 Å². The first-order chi connectivity index (χ1) is 13.5. The van der Waals surface area contributed by atoms with E-state index in [1.807, 2.05) is 43.3 Å². The van der Waals surface area contributed by atoms with Crippen molar-refractivity contribution in [2.24, 2.45) is 4.99 Å². The van der Waals surface area contributed by atoms with Gasteiger partial charge >= 0.3 is 0 Å². The molecule has 0 saturated heterocycles. The van der Waals surface area contributed by atoms with Gasteiger partial charge in [-0.25, -0.2) is 4.99 Å². The highest BCUT2D eigenvalue weighted by molar-refractivity contribution is 14.0. The van der Waals surface area contributed by atoms with Gasteiger partial charge in [0, 0.05) is 32.7 Å². The molecule has 0 aromatic heterocycles. The fraction of sp³-hybridized carbons (Fsp3) is 0.318. The topological polar surface area (TPSA) is 80.5 Å². The molecule has 0 aliphatic heterocycles. The van der Waals surface area contributed by atoms with Crippen LogP contribution >= 0.6 is 24.0 Å². The number of carbonyl (C=O) groups excluding carboxylic acids is 1. The minimum atomic E-state index is 0. The lowest BCUT2D eigenvalue weighted by atomic mass is 10.1. The van der Waals surface area contributed by atoms with E-state index in [1.54, 1.807) is 31.1 Å². The van der Waals surface area contributed by atoms with Crippen LogP contribution in [0.25, 0.3) is 0 Å². The number of benzene rings is 2. The Bertz CT molecular complexity index is 856. The third-order valence-electron chi connectivity index (χ3n) is 4.13. The highest BCUT2D eigenvalue weighted by atomic mass is 127. The van der Waals surface area contributed by atoms with E-state index in [-0.39, 0.29) is 29.9 Å². The molecule has 0 unspecified atom stereocenters. The number of guanidine groups is 1. The molecule has 0 aliphatic carbocycles. The molecule has 2 N–H and O–H groups in total. The first-order valence-electron chi connectivity index (χ1n) is 9.35. The number of amides is 1. The molecule has 1 amide bonds. The van der Waals surface area contributed by atoms with Gasteiger partial charge in [-0.1, -0.05) is 24.3 Å². The summed E-state index contributed by atoms with van der Waals surface area (Å²) in [5.74, 6) is 0.750. The summed E-state index contributed by atoms with van der Waals surface area (Å²) in [6.45, 7) is 4.04. The summed E-state index contributed by atoms with van der Waals surface area (Å²) in [6, 6.07) is 17.3. The summed E-state index contributed by atoms with van der Waals surface area (Å²) in [7, 11) is 3.51. The Hall–Kier alpha value is -2.60. The molecule has 6 nitrogen and oxygen atoms in total. The Morgan fingerprint density at radius 2 is 1.83 bits per heavy atom. The van der Waals surface area contributed by atoms with Gasteiger partial charge < -0.3 is 15.5 Å². The highest BCUT2D eigenvalue weighted by Gasteiger charge is 2.08. The average molecular weight is 505 g/mol. The van der Waals surface area contributed by atoms with E-state index in [2.05, 4.69) is 21.7 Å². The Labute approximate surface area is 190 Å². The number of hydrogen-bond donors (Lipinski definition) is 2. The van der Waals surface area contributed by atoms with E-state index in [0.29, 0.717) is 24.2 Å². The van der Waals surface area contributed by atoms with Gasteiger partial charge in [0.15, 0.2) is 5.96 Å². The number of nitrogens with one attached hydrogen (secondary N) is 2. The molecular formula is C22H28IN5O. The summed E-state index contributed by atoms with van der Waals surface area (Å²) in [5, 5.41) is 15.4. The van der Waals surface area contributed by atoms with Crippen molar-refractivity contribution in [2.45, 2.75) is 19.9 Å². The predicted molar refractivity (Wildman–Crippen MR) is 128 cm³/mol. The summed E-state index contributed by atoms with van der Waals surface area (Å²) in [5.41, 5.74) is 3.49. The van der Waals surface area contributed by atoms with Crippen LogP contribution in [0.3, 0.4) is 0 Å². The number of nitriles is 1. The van der Waals surface area contributed by atoms with E-state index in [0.717, 1.165) is 30.1 Å². The molecule has 29 heavy (non-hydrogen) atoms. The Morgan fingerprint density at radius 3 is 2.45 bits per heavy atom. The van der Waals surface area contributed by atoms with Gasteiger partial charge in [0.05, 0.1) is 18.2 Å². The average Bonchev–Trinajstić information content (AvgIpc) is 2.72. The van der Waals surface area contributed by atoms with Gasteiger partial charge in [0.25, 0.3) is 5.91 Å². The number of aliphatic imine (C=N–C) groups is 1. The van der Waals surface area contributed by atoms with Crippen LogP contribution in [0.2, 0.25) is 0 Å². The lowest BCUT2D eigenvalue weighted by Gasteiger charge is -2.13. The van der Waals surface area contributed by atoms with Crippen molar-refractivity contribution in [3.8, 4) is 6.07 Å². The van der Waals surface area contributed by atoms with Crippen LogP contribution in [0.15, 0.2) is 53.5 Å². The SMILES string of the molecule is CCNC(=NCc1ccc(C#N)cc1)NCCc1cccc(C(=O)N(C)C)c1.I. The summed E-state index contributed by atoms with van der Waals surface area (Å²) >= 11 is 0. The molecule has 2 aromatic carbocycles. The maximum Gasteiger partial charge on any atom is 0.253 e. The molecule has 0 fully saturated rings. The molecular weight excluding hydrogens is 477 g/mol. The van der Waals surface area contributed by atoms with Crippen LogP contribution < -0.4 is 10.6 Å². The highest BCUT2D eigenvalue weighted by Crippen LogP contribution is 2.08. The Kier molecular flexibility index (Phi) is 10.8. The number of nitrogens with zero attached hydrogens (tertiary/aromatic N) is 3. The quantitative estimate of drug-likeness (QED) is 0.344. The number of halogens is 1. The summed E-state index contributed by atoms with van der Waals surface area (Å²) in [4.78, 5) is 18.3. The van der Waals surface area contributed by atoms with Crippen LogP contribution in [0.4, 0.5) is 0 Å². The molecule has 0 atom stereocenters. The smallest absolute Gasteiger partial charge is 0.253 e. The monoisotopic (exact) mass is 505 g/mol. The van der Waals surface area contributed by atoms with Gasteiger partial charge in [0.1, 0.15) is 0 Å². The number of hydrogen-bond acceptors (Lipinski definition) is 3. The minimum Gasteiger partial charge on any atom is -0.357 e. The zero-order chi connectivity index (χ0) is 20.4. The fourth-order valence-electron chi connectivity index (χ4n) is 2.64. The van der Waals surface area contributed by atoms with E-state index in [9.17, 15) is 4.79 Å². The van der Waals surface area contributed by atoms with Crippen molar-refractivity contribution in [2.75, 3.05) is 27.2 Å². The van der Waals surface area contributed by atoms with E-state index in [1.165, 1.54) is 0 Å². The standard InChI is InChI=1S/C22H27N5O.HI/c1-4-24-22(26-16-19-10-8-18(15-23)9-11-19)25-13-12-17-6-5-7-20(14-17)21(28)27(2)3;/h5-11,14H,4,12-13,16H2,1-3H3,(H2,24,25,26);1H. The second-order valence-corrected chi connectivity index (χ2v) is 6.58. The Balaban J connectivity index is 0.00000420. The molecule has 0 heterocycles. The summed E-state index contributed by atoms with van der Waals surface area (Å²) in [6.07, 6.45) is 0.788. The van der Waals surface area contributed by atoms with Gasteiger partial charge in [-0.3, -0.25) is 4.79 Å². The molecule has 154 valence electrons. The van der Waals surface area contributed by atoms with Crippen molar-refractivity contribution < 1.29 is 4.79 Å². The van der Waals surface area contributed by atoms with E-state index in [4.69, 9.17) is 5.26 Å². The second kappa shape index (κ2) is 12.8. The van der Waals surface area contributed by atoms with Crippen LogP contribution in [0, 0.1) is 11.3 Å². The van der Waals surface area contributed by atoms with Crippen molar-refractivity contribution in [1.29, 1.82) is 5.26 Å². The lowest BCUT2D eigenvalue weighted by molar-refractivity contribution is 0.0827. The molecule has 7 heteroatoms. The maximum absolute atomic E-state index is 12.1. The molecule has 0 bridgehead atoms. The molecule has 0 radical (unpaired) electrons. The molecule has 0 aliphatic rings. The largest absolute Gasteiger partial charge is 0.357 e. The zero-order valence-electron chi connectivity index (χ0n) is 17.1. The van der Waals surface area contributed by atoms with Gasteiger partial charge in [0.2, 0.25) is 0 Å². The third kappa shape index (κ3) is 8.11. The normalized spacial score (nSPS) is 10.5. The summed E-state index contributed by atoms with van der Waals surface area (Å²) < 4.78 is 0. The van der Waals surface area contributed by atoms with Crippen LogP contribution in [0.5, 0.6) is 0 Å². The number of rotatable bonds is 7. The van der Waals surface area contributed by atoms with Gasteiger partial charge in [-0.05, 0) is 48.7 Å². The molecule has 0 saturated carbocycles.